The Hall–Kier alpha value is -0.360. The minimum Gasteiger partial charge on any atom is -0.351 e. The number of halogens is 1. The Kier molecular flexibility index (Phi) is 4.36. The number of nitrogens with zero attached hydrogens (tertiary/aromatic N) is 1. The fraction of sp³-hybridized carbons (Fsp3) is 0.600. The molecule has 0 spiro atoms. The van der Waals surface area contributed by atoms with Gasteiger partial charge in [0.2, 0.25) is 6.41 Å². The smallest absolute Gasteiger partial charge is 0.242 e. The zero-order valence-corrected chi connectivity index (χ0v) is 15.2. The van der Waals surface area contributed by atoms with E-state index in [1.165, 1.54) is 16.5 Å². The molecular weight excluding hydrogens is 338 g/mol. The molecule has 0 amide bonds. The summed E-state index contributed by atoms with van der Waals surface area (Å²) in [4.78, 5) is 1.05. The Balaban J connectivity index is 2.57. The summed E-state index contributed by atoms with van der Waals surface area (Å²) in [5.74, 6) is 0.404. The quantitative estimate of drug-likeness (QED) is 0.767. The van der Waals surface area contributed by atoms with E-state index in [0.29, 0.717) is 5.92 Å². The van der Waals surface area contributed by atoms with Crippen molar-refractivity contribution in [2.24, 2.45) is 0 Å². The van der Waals surface area contributed by atoms with Crippen LogP contribution in [0.5, 0.6) is 0 Å². The van der Waals surface area contributed by atoms with Crippen LogP contribution in [-0.2, 0) is 4.74 Å². The summed E-state index contributed by atoms with van der Waals surface area (Å²) < 4.78 is 8.63. The molecule has 112 valence electrons. The second-order valence-corrected chi connectivity index (χ2v) is 8.70. The van der Waals surface area contributed by atoms with E-state index in [0.717, 1.165) is 8.62 Å². The largest absolute Gasteiger partial charge is 0.351 e. The van der Waals surface area contributed by atoms with Crippen LogP contribution in [0.1, 0.15) is 58.1 Å². The third-order valence-electron chi connectivity index (χ3n) is 3.19. The monoisotopic (exact) mass is 359 g/mol. The van der Waals surface area contributed by atoms with Crippen LogP contribution in [0, 0.1) is 6.92 Å². The highest BCUT2D eigenvalue weighted by Crippen LogP contribution is 2.41. The Morgan fingerprint density at radius 2 is 1.95 bits per heavy atom. The first kappa shape index (κ1) is 16.0. The van der Waals surface area contributed by atoms with Gasteiger partial charge in [-0.05, 0) is 60.7 Å². The third kappa shape index (κ3) is 2.96. The summed E-state index contributed by atoms with van der Waals surface area (Å²) in [6.07, 6.45) is 1.05. The molecule has 0 bridgehead atoms. The maximum absolute atomic E-state index is 10.4. The highest BCUT2D eigenvalue weighted by atomic mass is 79.9. The van der Waals surface area contributed by atoms with Crippen LogP contribution in [0.15, 0.2) is 9.98 Å². The lowest BCUT2D eigenvalue weighted by atomic mass is 10.0. The Morgan fingerprint density at radius 3 is 2.45 bits per heavy atom. The lowest BCUT2D eigenvalue weighted by Crippen LogP contribution is -2.25. The third-order valence-corrected chi connectivity index (χ3v) is 5.36. The average molecular weight is 360 g/mol. The van der Waals surface area contributed by atoms with E-state index in [-0.39, 0.29) is 0 Å². The Morgan fingerprint density at radius 1 is 1.35 bits per heavy atom. The van der Waals surface area contributed by atoms with Crippen molar-refractivity contribution in [3.63, 3.8) is 0 Å². The SMILES string of the molecule is Cc1c(Br)sc2c1c(C(C)C)cn2C(O)OC(C)(C)C. The number of fused-ring (bicyclic) bond motifs is 1. The van der Waals surface area contributed by atoms with Crippen molar-refractivity contribution in [2.75, 3.05) is 0 Å². The minimum atomic E-state index is -0.963. The summed E-state index contributed by atoms with van der Waals surface area (Å²) in [5.41, 5.74) is 2.09. The lowest BCUT2D eigenvalue weighted by Gasteiger charge is -2.24. The number of hydrogen-bond acceptors (Lipinski definition) is 3. The first-order valence-corrected chi connectivity index (χ1v) is 8.38. The summed E-state index contributed by atoms with van der Waals surface area (Å²) in [7, 11) is 0. The first-order chi connectivity index (χ1) is 9.11. The molecule has 0 aliphatic carbocycles. The number of hydrogen-bond donors (Lipinski definition) is 1. The molecule has 1 atom stereocenters. The van der Waals surface area contributed by atoms with E-state index in [1.807, 2.05) is 31.5 Å². The molecule has 2 heterocycles. The van der Waals surface area contributed by atoms with Crippen LogP contribution in [0.4, 0.5) is 0 Å². The van der Waals surface area contributed by atoms with Crippen LogP contribution in [0.3, 0.4) is 0 Å². The molecule has 0 aromatic carbocycles. The van der Waals surface area contributed by atoms with Gasteiger partial charge in [-0.1, -0.05) is 13.8 Å². The van der Waals surface area contributed by atoms with Gasteiger partial charge in [-0.2, -0.15) is 0 Å². The van der Waals surface area contributed by atoms with Gasteiger partial charge < -0.3 is 9.84 Å². The van der Waals surface area contributed by atoms with Crippen molar-refractivity contribution >= 4 is 37.5 Å². The number of aliphatic hydroxyl groups excluding tert-OH is 1. The van der Waals surface area contributed by atoms with Gasteiger partial charge in [0.25, 0.3) is 0 Å². The number of ether oxygens (including phenoxy) is 1. The predicted molar refractivity (Wildman–Crippen MR) is 88.4 cm³/mol. The molecule has 2 rings (SSSR count). The number of aryl methyl sites for hydroxylation is 1. The summed E-state index contributed by atoms with van der Waals surface area (Å²) in [6, 6.07) is 0. The predicted octanol–water partition coefficient (Wildman–Crippen LogP) is 5.16. The molecule has 0 aliphatic heterocycles. The lowest BCUT2D eigenvalue weighted by molar-refractivity contribution is -0.207. The van der Waals surface area contributed by atoms with Crippen molar-refractivity contribution < 1.29 is 9.84 Å². The normalized spacial score (nSPS) is 14.4. The number of thiophene rings is 1. The van der Waals surface area contributed by atoms with Crippen molar-refractivity contribution in [1.82, 2.24) is 4.57 Å². The van der Waals surface area contributed by atoms with E-state index in [9.17, 15) is 5.11 Å². The van der Waals surface area contributed by atoms with Crippen molar-refractivity contribution in [1.29, 1.82) is 0 Å². The summed E-state index contributed by atoms with van der Waals surface area (Å²) in [6.45, 7) is 12.3. The average Bonchev–Trinajstić information content (AvgIpc) is 2.76. The van der Waals surface area contributed by atoms with Gasteiger partial charge >= 0.3 is 0 Å². The van der Waals surface area contributed by atoms with Gasteiger partial charge in [0, 0.05) is 11.6 Å². The van der Waals surface area contributed by atoms with Gasteiger partial charge in [-0.3, -0.25) is 4.57 Å². The van der Waals surface area contributed by atoms with Crippen molar-refractivity contribution in [2.45, 2.75) is 59.5 Å². The van der Waals surface area contributed by atoms with Gasteiger partial charge in [0.15, 0.2) is 0 Å². The Labute approximate surface area is 132 Å². The van der Waals surface area contributed by atoms with Crippen molar-refractivity contribution in [3.05, 3.63) is 21.1 Å². The topological polar surface area (TPSA) is 34.4 Å². The molecule has 5 heteroatoms. The van der Waals surface area contributed by atoms with E-state index in [4.69, 9.17) is 4.74 Å². The second kappa shape index (κ2) is 5.44. The van der Waals surface area contributed by atoms with Crippen molar-refractivity contribution in [3.8, 4) is 0 Å². The van der Waals surface area contributed by atoms with E-state index >= 15 is 0 Å². The maximum atomic E-state index is 10.4. The molecule has 3 nitrogen and oxygen atoms in total. The molecule has 20 heavy (non-hydrogen) atoms. The minimum absolute atomic E-state index is 0.391. The van der Waals surface area contributed by atoms with Crippen LogP contribution in [-0.4, -0.2) is 15.3 Å². The fourth-order valence-electron chi connectivity index (χ4n) is 2.24. The van der Waals surface area contributed by atoms with Gasteiger partial charge in [-0.15, -0.1) is 11.3 Å². The van der Waals surface area contributed by atoms with Gasteiger partial charge in [0.05, 0.1) is 9.39 Å². The molecule has 1 N–H and O–H groups in total. The molecule has 0 radical (unpaired) electrons. The molecule has 0 aliphatic rings. The standard InChI is InChI=1S/C15H22BrNO2S/c1-8(2)10-7-17(14(18)19-15(4,5)6)13-11(10)9(3)12(16)20-13/h7-8,14,18H,1-6H3. The second-order valence-electron chi connectivity index (χ2n) is 6.38. The number of rotatable bonds is 3. The zero-order chi connectivity index (χ0) is 15.2. The number of aromatic nitrogens is 1. The van der Waals surface area contributed by atoms with E-state index < -0.39 is 12.0 Å². The molecule has 0 saturated carbocycles. The van der Waals surface area contributed by atoms with Crippen LogP contribution < -0.4 is 0 Å². The van der Waals surface area contributed by atoms with Crippen LogP contribution >= 0.6 is 27.3 Å². The maximum Gasteiger partial charge on any atom is 0.242 e. The molecule has 0 fully saturated rings. The first-order valence-electron chi connectivity index (χ1n) is 6.77. The molecule has 2 aromatic heterocycles. The summed E-state index contributed by atoms with van der Waals surface area (Å²) in [5, 5.41) is 11.6. The molecule has 2 aromatic rings. The van der Waals surface area contributed by atoms with Gasteiger partial charge in [-0.25, -0.2) is 0 Å². The van der Waals surface area contributed by atoms with Gasteiger partial charge in [0.1, 0.15) is 4.83 Å². The Bertz CT molecular complexity index is 622. The summed E-state index contributed by atoms with van der Waals surface area (Å²) >= 11 is 5.24. The van der Waals surface area contributed by atoms with E-state index in [1.54, 1.807) is 11.3 Å². The van der Waals surface area contributed by atoms with Crippen LogP contribution in [0.25, 0.3) is 10.2 Å². The highest BCUT2D eigenvalue weighted by molar-refractivity contribution is 9.11. The highest BCUT2D eigenvalue weighted by Gasteiger charge is 2.24. The zero-order valence-electron chi connectivity index (χ0n) is 12.8. The van der Waals surface area contributed by atoms with Crippen LogP contribution in [0.2, 0.25) is 0 Å². The fourth-order valence-corrected chi connectivity index (χ4v) is 3.95. The van der Waals surface area contributed by atoms with E-state index in [2.05, 4.69) is 36.7 Å². The molecule has 0 saturated heterocycles. The molecular formula is C15H22BrNO2S. The number of aliphatic hydroxyl groups is 1. The molecule has 1 unspecified atom stereocenters.